The molecule has 0 saturated carbocycles. The Balaban J connectivity index is 4.28. The lowest BCUT2D eigenvalue weighted by atomic mass is 10.2. The molecule has 0 rings (SSSR count). The van der Waals surface area contributed by atoms with Crippen LogP contribution in [0, 0.1) is 11.8 Å². The van der Waals surface area contributed by atoms with E-state index in [1.807, 2.05) is 0 Å². The molecule has 3 unspecified atom stereocenters. The Kier molecular flexibility index (Phi) is 9.89. The zero-order chi connectivity index (χ0) is 17.3. The van der Waals surface area contributed by atoms with E-state index in [0.29, 0.717) is 0 Å². The highest BCUT2D eigenvalue weighted by atomic mass is 31.1. The Morgan fingerprint density at radius 1 is 1.18 bits per heavy atom. The quantitative estimate of drug-likeness (QED) is 0.376. The molecule has 0 aromatic heterocycles. The molecule has 0 spiro atoms. The van der Waals surface area contributed by atoms with Crippen LogP contribution in [0.5, 0.6) is 0 Å². The fourth-order valence-electron chi connectivity index (χ4n) is 1.19. The van der Waals surface area contributed by atoms with Gasteiger partial charge < -0.3 is 14.6 Å². The van der Waals surface area contributed by atoms with Gasteiger partial charge in [-0.05, 0) is 4.57 Å². The van der Waals surface area contributed by atoms with Crippen LogP contribution in [0.1, 0.15) is 34.1 Å². The van der Waals surface area contributed by atoms with Crippen molar-refractivity contribution in [1.29, 1.82) is 0 Å². The Morgan fingerprint density at radius 2 is 1.77 bits per heavy atom. The van der Waals surface area contributed by atoms with Gasteiger partial charge in [0.25, 0.3) is 6.29 Å². The molecule has 9 heteroatoms. The van der Waals surface area contributed by atoms with Crippen LogP contribution < -0.4 is 5.32 Å². The summed E-state index contributed by atoms with van der Waals surface area (Å²) < 4.78 is 25.5. The number of carbonyl (C=O) groups is 2. The summed E-state index contributed by atoms with van der Waals surface area (Å²) >= 11 is 0. The maximum atomic E-state index is 11.6. The predicted octanol–water partition coefficient (Wildman–Crippen LogP) is 1.99. The van der Waals surface area contributed by atoms with Gasteiger partial charge in [0, 0.05) is 12.3 Å². The normalized spacial score (nSPS) is 14.5. The minimum Gasteiger partial charge on any atom is -0.425 e. The number of carbonyl (C=O) groups excluding carboxylic acids is 2. The summed E-state index contributed by atoms with van der Waals surface area (Å²) in [5.74, 6) is -1.06. The number of esters is 1. The Morgan fingerprint density at radius 3 is 2.23 bits per heavy atom. The van der Waals surface area contributed by atoms with Gasteiger partial charge in [-0.2, -0.15) is 0 Å². The molecule has 0 aromatic carbocycles. The van der Waals surface area contributed by atoms with Gasteiger partial charge in [0.2, 0.25) is 0 Å². The molecule has 2 N–H and O–H groups in total. The van der Waals surface area contributed by atoms with Gasteiger partial charge >= 0.3 is 20.1 Å². The number of amides is 1. The van der Waals surface area contributed by atoms with Crippen molar-refractivity contribution in [2.75, 3.05) is 13.3 Å². The molecule has 1 amide bonds. The molecule has 3 atom stereocenters. The Hall–Kier alpha value is -1.24. The van der Waals surface area contributed by atoms with Gasteiger partial charge in [-0.25, -0.2) is 4.79 Å². The summed E-state index contributed by atoms with van der Waals surface area (Å²) in [6.45, 7) is 8.22. The second kappa shape index (κ2) is 10.5. The smallest absolute Gasteiger partial charge is 0.425 e. The van der Waals surface area contributed by atoms with E-state index in [1.165, 1.54) is 6.66 Å². The Labute approximate surface area is 131 Å². The first-order valence-electron chi connectivity index (χ1n) is 7.03. The topological polar surface area (TPSA) is 111 Å². The highest BCUT2D eigenvalue weighted by molar-refractivity contribution is 7.38. The minimum atomic E-state index is -1.75. The number of hydrogen-bond donors (Lipinski definition) is 2. The van der Waals surface area contributed by atoms with Crippen molar-refractivity contribution >= 4 is 20.1 Å². The molecule has 0 bridgehead atoms. The van der Waals surface area contributed by atoms with Crippen LogP contribution in [0.25, 0.3) is 0 Å². The van der Waals surface area contributed by atoms with E-state index in [1.54, 1.807) is 27.7 Å². The van der Waals surface area contributed by atoms with Crippen molar-refractivity contribution in [2.24, 2.45) is 11.8 Å². The second-order valence-electron chi connectivity index (χ2n) is 5.33. The summed E-state index contributed by atoms with van der Waals surface area (Å²) in [6.07, 6.45) is -3.11. The van der Waals surface area contributed by atoms with Crippen molar-refractivity contribution in [3.63, 3.8) is 0 Å². The average Bonchev–Trinajstić information content (AvgIpc) is 2.36. The number of nitrogens with one attached hydrogen (secondary N) is 1. The first kappa shape index (κ1) is 20.8. The third kappa shape index (κ3) is 9.65. The molecule has 0 heterocycles. The first-order valence-corrected chi connectivity index (χ1v) is 8.65. The lowest BCUT2D eigenvalue weighted by Gasteiger charge is -2.23. The van der Waals surface area contributed by atoms with Crippen molar-refractivity contribution in [1.82, 2.24) is 5.32 Å². The fraction of sp³-hybridized carbons (Fsp3) is 0.846. The van der Waals surface area contributed by atoms with Crippen LogP contribution in [0.2, 0.25) is 0 Å². The Bertz CT molecular complexity index is 387. The van der Waals surface area contributed by atoms with E-state index in [9.17, 15) is 19.3 Å². The van der Waals surface area contributed by atoms with Crippen molar-refractivity contribution < 1.29 is 33.3 Å². The maximum absolute atomic E-state index is 11.6. The second-order valence-corrected chi connectivity index (χ2v) is 6.47. The monoisotopic (exact) mass is 338 g/mol. The van der Waals surface area contributed by atoms with Crippen LogP contribution in [0.15, 0.2) is 0 Å². The molecule has 0 saturated heterocycles. The molecule has 0 aliphatic heterocycles. The third-order valence-corrected chi connectivity index (χ3v) is 2.97. The zero-order valence-electron chi connectivity index (χ0n) is 13.6. The highest BCUT2D eigenvalue weighted by Crippen LogP contribution is 2.15. The van der Waals surface area contributed by atoms with Gasteiger partial charge in [-0.1, -0.05) is 27.7 Å². The molecule has 8 nitrogen and oxygen atoms in total. The summed E-state index contributed by atoms with van der Waals surface area (Å²) in [6, 6.07) is 0. The number of hydrogen-bond acceptors (Lipinski definition) is 7. The molecule has 0 aliphatic rings. The van der Waals surface area contributed by atoms with Crippen molar-refractivity contribution in [3.8, 4) is 0 Å². The summed E-state index contributed by atoms with van der Waals surface area (Å²) in [4.78, 5) is 23.2. The first-order chi connectivity index (χ1) is 10.1. The largest absolute Gasteiger partial charge is 0.504 e. The minimum absolute atomic E-state index is 0.0308. The average molecular weight is 338 g/mol. The molecule has 0 fully saturated rings. The molecule has 0 aromatic rings. The number of alkyl carbamates (subject to hydrolysis) is 1. The van der Waals surface area contributed by atoms with Crippen LogP contribution in [0.4, 0.5) is 4.79 Å². The number of rotatable bonds is 9. The standard InChI is InChI=1S/C13H24NO7P/c1-8(2)11(16)20-12(9(3)4)21-13(17)14-10(15)6-7-19-22(5)18/h8-10,12,15H,6-7H2,1-5H3/p+1. The summed E-state index contributed by atoms with van der Waals surface area (Å²) in [5, 5.41) is 11.7. The van der Waals surface area contributed by atoms with Gasteiger partial charge in [-0.3, -0.25) is 10.1 Å². The lowest BCUT2D eigenvalue weighted by molar-refractivity contribution is -0.179. The van der Waals surface area contributed by atoms with Crippen LogP contribution >= 0.6 is 8.03 Å². The number of aliphatic hydroxyl groups excluding tert-OH is 1. The fourth-order valence-corrected chi connectivity index (χ4v) is 1.55. The summed E-state index contributed by atoms with van der Waals surface area (Å²) in [5.41, 5.74) is 0. The van der Waals surface area contributed by atoms with Gasteiger partial charge in [0.05, 0.1) is 5.92 Å². The summed E-state index contributed by atoms with van der Waals surface area (Å²) in [7, 11) is -1.75. The van der Waals surface area contributed by atoms with E-state index >= 15 is 0 Å². The van der Waals surface area contributed by atoms with E-state index in [2.05, 4.69) is 5.32 Å². The molecular weight excluding hydrogens is 313 g/mol. The molecular formula is C13H25NO7P+. The number of aliphatic hydroxyl groups is 1. The van der Waals surface area contributed by atoms with E-state index in [4.69, 9.17) is 14.0 Å². The molecule has 0 aliphatic carbocycles. The van der Waals surface area contributed by atoms with E-state index in [0.717, 1.165) is 0 Å². The molecule has 22 heavy (non-hydrogen) atoms. The van der Waals surface area contributed by atoms with Crippen molar-refractivity contribution in [2.45, 2.75) is 46.6 Å². The van der Waals surface area contributed by atoms with Crippen LogP contribution in [0.3, 0.4) is 0 Å². The molecule has 128 valence electrons. The third-order valence-electron chi connectivity index (χ3n) is 2.42. The maximum Gasteiger partial charge on any atom is 0.504 e. The van der Waals surface area contributed by atoms with Gasteiger partial charge in [0.15, 0.2) is 6.66 Å². The van der Waals surface area contributed by atoms with E-state index < -0.39 is 32.6 Å². The number of ether oxygens (including phenoxy) is 2. The van der Waals surface area contributed by atoms with Crippen molar-refractivity contribution in [3.05, 3.63) is 0 Å². The molecule has 0 radical (unpaired) electrons. The SMILES string of the molecule is CC(C)C(=O)OC(OC(=O)NC(O)CCO[P+](C)=O)C(C)C. The van der Waals surface area contributed by atoms with E-state index in [-0.39, 0.29) is 24.9 Å². The van der Waals surface area contributed by atoms with Gasteiger partial charge in [0.1, 0.15) is 12.8 Å². The van der Waals surface area contributed by atoms with Gasteiger partial charge in [-0.15, -0.1) is 4.52 Å². The highest BCUT2D eigenvalue weighted by Gasteiger charge is 2.25. The predicted molar refractivity (Wildman–Crippen MR) is 79.3 cm³/mol. The van der Waals surface area contributed by atoms with Crippen LogP contribution in [-0.2, 0) is 23.4 Å². The van der Waals surface area contributed by atoms with Crippen LogP contribution in [-0.4, -0.2) is 43.0 Å². The lowest BCUT2D eigenvalue weighted by Crippen LogP contribution is -2.40. The zero-order valence-corrected chi connectivity index (χ0v) is 14.5.